The summed E-state index contributed by atoms with van der Waals surface area (Å²) in [6, 6.07) is 13.0. The smallest absolute Gasteiger partial charge is 0.323 e. The average molecular weight is 330 g/mol. The van der Waals surface area contributed by atoms with Crippen LogP contribution in [0.1, 0.15) is 16.6 Å². The van der Waals surface area contributed by atoms with Crippen molar-refractivity contribution in [1.82, 2.24) is 20.2 Å². The third kappa shape index (κ3) is 3.59. The first kappa shape index (κ1) is 15.3. The van der Waals surface area contributed by atoms with Crippen LogP contribution in [0.4, 0.5) is 0 Å². The lowest BCUT2D eigenvalue weighted by Gasteiger charge is -2.13. The van der Waals surface area contributed by atoms with Gasteiger partial charge < -0.3 is 9.15 Å². The molecule has 1 atom stereocenters. The minimum absolute atomic E-state index is 0.353. The van der Waals surface area contributed by atoms with Crippen LogP contribution < -0.4 is 0 Å². The van der Waals surface area contributed by atoms with Crippen molar-refractivity contribution in [2.24, 2.45) is 0 Å². The summed E-state index contributed by atoms with van der Waals surface area (Å²) in [5, 5.41) is 11.6. The zero-order valence-corrected chi connectivity index (χ0v) is 13.1. The molecule has 0 spiro atoms. The highest BCUT2D eigenvalue weighted by molar-refractivity contribution is 8.00. The molecule has 2 heterocycles. The number of thioether (sulfide) groups is 1. The number of ether oxygens (including phenoxy) is 1. The van der Waals surface area contributed by atoms with Gasteiger partial charge in [0.2, 0.25) is 5.16 Å². The maximum atomic E-state index is 12.1. The number of carbonyl (C=O) groups is 1. The first-order valence-corrected chi connectivity index (χ1v) is 7.74. The molecule has 118 valence electrons. The van der Waals surface area contributed by atoms with Crippen molar-refractivity contribution >= 4 is 17.7 Å². The van der Waals surface area contributed by atoms with Gasteiger partial charge in [-0.05, 0) is 28.1 Å². The number of nitrogens with zero attached hydrogens (tertiary/aromatic N) is 4. The number of hydrogen-bond acceptors (Lipinski definition) is 7. The number of esters is 1. The standard InChI is InChI=1S/C15H14N4O3S/c1-21-14(20)13(11-6-3-2-4-7-11)23-15-16-17-18-19(15)10-12-8-5-9-22-12/h2-9,13H,10H2,1H3. The fraction of sp³-hybridized carbons (Fsp3) is 0.200. The zero-order valence-electron chi connectivity index (χ0n) is 12.3. The Kier molecular flexibility index (Phi) is 4.72. The monoisotopic (exact) mass is 330 g/mol. The van der Waals surface area contributed by atoms with E-state index in [1.54, 1.807) is 17.0 Å². The van der Waals surface area contributed by atoms with Gasteiger partial charge in [-0.1, -0.05) is 42.1 Å². The van der Waals surface area contributed by atoms with E-state index in [1.807, 2.05) is 36.4 Å². The Bertz CT molecular complexity index is 758. The van der Waals surface area contributed by atoms with Gasteiger partial charge in [0.25, 0.3) is 0 Å². The minimum Gasteiger partial charge on any atom is -0.468 e. The molecule has 0 saturated heterocycles. The third-order valence-electron chi connectivity index (χ3n) is 3.13. The molecule has 2 aromatic heterocycles. The maximum absolute atomic E-state index is 12.1. The summed E-state index contributed by atoms with van der Waals surface area (Å²) in [6.07, 6.45) is 1.59. The van der Waals surface area contributed by atoms with E-state index in [9.17, 15) is 4.79 Å². The highest BCUT2D eigenvalue weighted by Crippen LogP contribution is 2.34. The molecule has 7 nitrogen and oxygen atoms in total. The molecule has 1 aromatic carbocycles. The molecule has 0 N–H and O–H groups in total. The van der Waals surface area contributed by atoms with Gasteiger partial charge in [-0.25, -0.2) is 4.68 Å². The fourth-order valence-corrected chi connectivity index (χ4v) is 3.03. The first-order valence-electron chi connectivity index (χ1n) is 6.86. The van der Waals surface area contributed by atoms with Gasteiger partial charge in [0.05, 0.1) is 13.4 Å². The summed E-state index contributed by atoms with van der Waals surface area (Å²) >= 11 is 1.24. The van der Waals surface area contributed by atoms with Gasteiger partial charge in [-0.15, -0.1) is 5.10 Å². The lowest BCUT2D eigenvalue weighted by atomic mass is 10.1. The summed E-state index contributed by atoms with van der Waals surface area (Å²) < 4.78 is 11.8. The second-order valence-electron chi connectivity index (χ2n) is 4.63. The van der Waals surface area contributed by atoms with E-state index in [-0.39, 0.29) is 5.97 Å². The fourth-order valence-electron chi connectivity index (χ4n) is 2.02. The van der Waals surface area contributed by atoms with Crippen LogP contribution in [0.5, 0.6) is 0 Å². The Morgan fingerprint density at radius 1 is 1.30 bits per heavy atom. The van der Waals surface area contributed by atoms with E-state index in [0.717, 1.165) is 11.3 Å². The Balaban J connectivity index is 1.83. The molecule has 0 aliphatic carbocycles. The molecule has 0 fully saturated rings. The summed E-state index contributed by atoms with van der Waals surface area (Å²) in [7, 11) is 1.37. The lowest BCUT2D eigenvalue weighted by molar-refractivity contribution is -0.140. The van der Waals surface area contributed by atoms with Crippen LogP contribution in [0.3, 0.4) is 0 Å². The number of aromatic nitrogens is 4. The van der Waals surface area contributed by atoms with Crippen LogP contribution in [0.15, 0.2) is 58.3 Å². The van der Waals surface area contributed by atoms with E-state index in [2.05, 4.69) is 15.5 Å². The summed E-state index contributed by atoms with van der Waals surface area (Å²) in [6.45, 7) is 0.394. The van der Waals surface area contributed by atoms with Gasteiger partial charge >= 0.3 is 5.97 Å². The molecule has 8 heteroatoms. The van der Waals surface area contributed by atoms with Crippen molar-refractivity contribution < 1.29 is 13.9 Å². The summed E-state index contributed by atoms with van der Waals surface area (Å²) in [4.78, 5) is 12.1. The SMILES string of the molecule is COC(=O)C(Sc1nnnn1Cc1ccco1)c1ccccc1. The number of tetrazole rings is 1. The lowest BCUT2D eigenvalue weighted by Crippen LogP contribution is -2.13. The molecule has 1 unspecified atom stereocenters. The van der Waals surface area contributed by atoms with Crippen LogP contribution in [0.25, 0.3) is 0 Å². The Hall–Kier alpha value is -2.61. The highest BCUT2D eigenvalue weighted by atomic mass is 32.2. The van der Waals surface area contributed by atoms with Gasteiger partial charge in [0.1, 0.15) is 17.6 Å². The molecule has 0 amide bonds. The number of benzene rings is 1. The second kappa shape index (κ2) is 7.10. The van der Waals surface area contributed by atoms with Crippen molar-refractivity contribution in [3.05, 3.63) is 60.1 Å². The van der Waals surface area contributed by atoms with Crippen molar-refractivity contribution in [1.29, 1.82) is 0 Å². The van der Waals surface area contributed by atoms with E-state index < -0.39 is 5.25 Å². The second-order valence-corrected chi connectivity index (χ2v) is 5.70. The normalized spacial score (nSPS) is 12.0. The van der Waals surface area contributed by atoms with Gasteiger partial charge in [0.15, 0.2) is 0 Å². The Morgan fingerprint density at radius 2 is 2.13 bits per heavy atom. The molecular weight excluding hydrogens is 316 g/mol. The molecule has 0 saturated carbocycles. The van der Waals surface area contributed by atoms with Crippen LogP contribution in [0.2, 0.25) is 0 Å². The zero-order chi connectivity index (χ0) is 16.1. The van der Waals surface area contributed by atoms with Crippen LogP contribution in [-0.4, -0.2) is 33.3 Å². The van der Waals surface area contributed by atoms with E-state index in [0.29, 0.717) is 11.7 Å². The molecule has 0 radical (unpaired) electrons. The summed E-state index contributed by atoms with van der Waals surface area (Å²) in [5.74, 6) is 0.377. The molecule has 0 aliphatic rings. The van der Waals surface area contributed by atoms with Crippen molar-refractivity contribution in [3.63, 3.8) is 0 Å². The first-order chi connectivity index (χ1) is 11.3. The molecule has 0 bridgehead atoms. The van der Waals surface area contributed by atoms with Crippen molar-refractivity contribution in [2.75, 3.05) is 7.11 Å². The number of hydrogen-bond donors (Lipinski definition) is 0. The quantitative estimate of drug-likeness (QED) is 0.506. The number of methoxy groups -OCH3 is 1. The van der Waals surface area contributed by atoms with E-state index in [1.165, 1.54) is 18.9 Å². The van der Waals surface area contributed by atoms with E-state index >= 15 is 0 Å². The third-order valence-corrected chi connectivity index (χ3v) is 4.33. The Morgan fingerprint density at radius 3 is 2.83 bits per heavy atom. The van der Waals surface area contributed by atoms with Crippen LogP contribution in [0, 0.1) is 0 Å². The summed E-state index contributed by atoms with van der Waals surface area (Å²) in [5.41, 5.74) is 0.830. The minimum atomic E-state index is -0.539. The van der Waals surface area contributed by atoms with E-state index in [4.69, 9.17) is 9.15 Å². The number of carbonyl (C=O) groups excluding carboxylic acids is 1. The van der Waals surface area contributed by atoms with Crippen LogP contribution in [-0.2, 0) is 16.1 Å². The predicted molar refractivity (Wildman–Crippen MR) is 82.7 cm³/mol. The van der Waals surface area contributed by atoms with Gasteiger partial charge in [-0.2, -0.15) is 0 Å². The van der Waals surface area contributed by atoms with Gasteiger partial charge in [0, 0.05) is 0 Å². The van der Waals surface area contributed by atoms with Crippen LogP contribution >= 0.6 is 11.8 Å². The number of furan rings is 1. The van der Waals surface area contributed by atoms with Crippen molar-refractivity contribution in [2.45, 2.75) is 17.0 Å². The number of rotatable bonds is 6. The highest BCUT2D eigenvalue weighted by Gasteiger charge is 2.25. The Labute approximate surface area is 136 Å². The topological polar surface area (TPSA) is 83.0 Å². The predicted octanol–water partition coefficient (Wildman–Crippen LogP) is 2.32. The molecular formula is C15H14N4O3S. The van der Waals surface area contributed by atoms with Gasteiger partial charge in [-0.3, -0.25) is 4.79 Å². The van der Waals surface area contributed by atoms with Crippen molar-refractivity contribution in [3.8, 4) is 0 Å². The molecule has 23 heavy (non-hydrogen) atoms. The molecule has 3 aromatic rings. The molecule has 3 rings (SSSR count). The average Bonchev–Trinajstić information content (AvgIpc) is 3.25. The molecule has 0 aliphatic heterocycles. The largest absolute Gasteiger partial charge is 0.468 e. The maximum Gasteiger partial charge on any atom is 0.323 e.